The zero-order valence-corrected chi connectivity index (χ0v) is 7.27. The fourth-order valence-corrected chi connectivity index (χ4v) is 3.14. The average Bonchev–Trinajstić information content (AvgIpc) is 2.83. The van der Waals surface area contributed by atoms with E-state index in [-0.39, 0.29) is 0 Å². The summed E-state index contributed by atoms with van der Waals surface area (Å²) in [6.45, 7) is 4.20. The molecule has 0 N–H and O–H groups in total. The molecule has 3 rings (SSSR count). The highest BCUT2D eigenvalue weighted by Crippen LogP contribution is 2.78. The lowest BCUT2D eigenvalue weighted by molar-refractivity contribution is 0.268. The van der Waals surface area contributed by atoms with Gasteiger partial charge in [-0.3, -0.25) is 0 Å². The van der Waals surface area contributed by atoms with Crippen molar-refractivity contribution in [3.8, 4) is 0 Å². The van der Waals surface area contributed by atoms with E-state index in [1.165, 1.54) is 25.7 Å². The van der Waals surface area contributed by atoms with E-state index in [4.69, 9.17) is 0 Å². The van der Waals surface area contributed by atoms with Gasteiger partial charge in [0, 0.05) is 0 Å². The Balaban J connectivity index is 1.78. The maximum atomic E-state index is 4.20. The fourth-order valence-electron chi connectivity index (χ4n) is 3.14. The molecule has 0 aliphatic heterocycles. The standard InChI is InChI=1S/C10H15B/c1-6-9(10(6)4-5-10)7-2-3-8(7)11/h7-9H,1-5,11H2. The molecule has 3 unspecified atom stereocenters. The number of allylic oxidation sites excluding steroid dienone is 1. The van der Waals surface area contributed by atoms with Crippen molar-refractivity contribution in [3.05, 3.63) is 12.2 Å². The molecule has 11 heavy (non-hydrogen) atoms. The summed E-state index contributed by atoms with van der Waals surface area (Å²) in [5.74, 6) is 3.04. The molecule has 0 aromatic heterocycles. The molecule has 3 saturated carbocycles. The number of rotatable bonds is 1. The predicted octanol–water partition coefficient (Wildman–Crippen LogP) is 1.78. The third-order valence-electron chi connectivity index (χ3n) is 4.43. The molecule has 1 spiro atoms. The van der Waals surface area contributed by atoms with E-state index in [9.17, 15) is 0 Å². The molecular weight excluding hydrogens is 131 g/mol. The van der Waals surface area contributed by atoms with E-state index in [0.29, 0.717) is 0 Å². The van der Waals surface area contributed by atoms with Crippen molar-refractivity contribution in [1.82, 2.24) is 0 Å². The second-order valence-corrected chi connectivity index (χ2v) is 4.88. The Labute approximate surface area is 69.5 Å². The Morgan fingerprint density at radius 1 is 1.36 bits per heavy atom. The summed E-state index contributed by atoms with van der Waals surface area (Å²) in [7, 11) is 2.41. The maximum absolute atomic E-state index is 4.20. The van der Waals surface area contributed by atoms with Gasteiger partial charge < -0.3 is 0 Å². The zero-order chi connectivity index (χ0) is 7.64. The summed E-state index contributed by atoms with van der Waals surface area (Å²) < 4.78 is 0. The van der Waals surface area contributed by atoms with E-state index >= 15 is 0 Å². The third kappa shape index (κ3) is 0.590. The van der Waals surface area contributed by atoms with Crippen LogP contribution in [0.5, 0.6) is 0 Å². The Hall–Kier alpha value is -0.195. The van der Waals surface area contributed by atoms with Gasteiger partial charge in [-0.05, 0) is 30.1 Å². The van der Waals surface area contributed by atoms with Crippen LogP contribution >= 0.6 is 0 Å². The van der Waals surface area contributed by atoms with Gasteiger partial charge in [0.1, 0.15) is 7.85 Å². The van der Waals surface area contributed by atoms with Gasteiger partial charge in [0.05, 0.1) is 0 Å². The summed E-state index contributed by atoms with van der Waals surface area (Å²) in [5.41, 5.74) is 2.35. The van der Waals surface area contributed by atoms with Crippen LogP contribution in [0.3, 0.4) is 0 Å². The van der Waals surface area contributed by atoms with Crippen molar-refractivity contribution < 1.29 is 0 Å². The van der Waals surface area contributed by atoms with Crippen molar-refractivity contribution in [2.75, 3.05) is 0 Å². The van der Waals surface area contributed by atoms with Crippen molar-refractivity contribution in [3.63, 3.8) is 0 Å². The Morgan fingerprint density at radius 3 is 2.36 bits per heavy atom. The van der Waals surface area contributed by atoms with Gasteiger partial charge in [0.2, 0.25) is 0 Å². The van der Waals surface area contributed by atoms with Gasteiger partial charge in [-0.15, -0.1) is 0 Å². The van der Waals surface area contributed by atoms with Crippen molar-refractivity contribution in [2.24, 2.45) is 17.3 Å². The van der Waals surface area contributed by atoms with E-state index in [2.05, 4.69) is 14.4 Å². The van der Waals surface area contributed by atoms with Crippen LogP contribution < -0.4 is 0 Å². The van der Waals surface area contributed by atoms with Gasteiger partial charge in [-0.2, -0.15) is 0 Å². The summed E-state index contributed by atoms with van der Waals surface area (Å²) in [6.07, 6.45) is 5.91. The quantitative estimate of drug-likeness (QED) is 0.390. The molecule has 1 heteroatoms. The van der Waals surface area contributed by atoms with Gasteiger partial charge >= 0.3 is 0 Å². The highest BCUT2D eigenvalue weighted by atomic mass is 14.7. The lowest BCUT2D eigenvalue weighted by Gasteiger charge is -2.34. The Kier molecular flexibility index (Phi) is 0.921. The molecular formula is C10H15B. The van der Waals surface area contributed by atoms with E-state index in [1.807, 2.05) is 0 Å². The topological polar surface area (TPSA) is 0 Å². The molecule has 3 atom stereocenters. The highest BCUT2D eigenvalue weighted by Gasteiger charge is 2.69. The van der Waals surface area contributed by atoms with Crippen LogP contribution in [0.4, 0.5) is 0 Å². The molecule has 0 amide bonds. The normalized spacial score (nSPS) is 50.5. The minimum atomic E-state index is 0.735. The van der Waals surface area contributed by atoms with Crippen LogP contribution in [0.2, 0.25) is 5.82 Å². The molecule has 0 nitrogen and oxygen atoms in total. The van der Waals surface area contributed by atoms with Gasteiger partial charge in [-0.1, -0.05) is 30.8 Å². The Morgan fingerprint density at radius 2 is 2.09 bits per heavy atom. The fraction of sp³-hybridized carbons (Fsp3) is 0.800. The second kappa shape index (κ2) is 1.60. The summed E-state index contributed by atoms with van der Waals surface area (Å²) in [6, 6.07) is 0. The first-order valence-electron chi connectivity index (χ1n) is 4.95. The van der Waals surface area contributed by atoms with Crippen LogP contribution in [-0.4, -0.2) is 7.85 Å². The van der Waals surface area contributed by atoms with Crippen LogP contribution in [0.1, 0.15) is 25.7 Å². The minimum absolute atomic E-state index is 0.735. The summed E-state index contributed by atoms with van der Waals surface area (Å²) >= 11 is 0. The van der Waals surface area contributed by atoms with E-state index in [0.717, 1.165) is 23.1 Å². The van der Waals surface area contributed by atoms with Crippen molar-refractivity contribution in [1.29, 1.82) is 0 Å². The number of hydrogen-bond acceptors (Lipinski definition) is 0. The van der Waals surface area contributed by atoms with E-state index in [1.54, 1.807) is 5.57 Å². The van der Waals surface area contributed by atoms with Crippen molar-refractivity contribution >= 4 is 7.85 Å². The summed E-state index contributed by atoms with van der Waals surface area (Å²) in [4.78, 5) is 0. The molecule has 0 saturated heterocycles. The van der Waals surface area contributed by atoms with Crippen LogP contribution in [-0.2, 0) is 0 Å². The first-order valence-corrected chi connectivity index (χ1v) is 4.95. The van der Waals surface area contributed by atoms with Gasteiger partial charge in [0.15, 0.2) is 0 Å². The largest absolute Gasteiger partial charge is 0.105 e. The highest BCUT2D eigenvalue weighted by molar-refractivity contribution is 6.12. The molecule has 3 fully saturated rings. The molecule has 0 aromatic rings. The first kappa shape index (κ1) is 6.34. The smallest absolute Gasteiger partial charge is 0.0990 e. The third-order valence-corrected chi connectivity index (χ3v) is 4.43. The van der Waals surface area contributed by atoms with Gasteiger partial charge in [-0.25, -0.2) is 0 Å². The van der Waals surface area contributed by atoms with Crippen LogP contribution in [0.15, 0.2) is 12.2 Å². The SMILES string of the molecule is BC1CCC1C1C(=C)C12CC2. The molecule has 0 aromatic carbocycles. The number of hydrogen-bond donors (Lipinski definition) is 0. The van der Waals surface area contributed by atoms with E-state index < -0.39 is 0 Å². The summed E-state index contributed by atoms with van der Waals surface area (Å²) in [5, 5.41) is 0. The van der Waals surface area contributed by atoms with Crippen molar-refractivity contribution in [2.45, 2.75) is 31.5 Å². The maximum Gasteiger partial charge on any atom is 0.105 e. The first-order chi connectivity index (χ1) is 5.26. The molecule has 0 radical (unpaired) electrons. The lowest BCUT2D eigenvalue weighted by atomic mass is 9.60. The lowest BCUT2D eigenvalue weighted by Crippen LogP contribution is -2.23. The Bertz CT molecular complexity index is 227. The molecule has 58 valence electrons. The second-order valence-electron chi connectivity index (χ2n) is 4.88. The van der Waals surface area contributed by atoms with Crippen LogP contribution in [0, 0.1) is 17.3 Å². The molecule has 3 aliphatic rings. The molecule has 3 aliphatic carbocycles. The molecule has 0 bridgehead atoms. The average molecular weight is 146 g/mol. The predicted molar refractivity (Wildman–Crippen MR) is 49.3 cm³/mol. The van der Waals surface area contributed by atoms with Crippen LogP contribution in [0.25, 0.3) is 0 Å². The monoisotopic (exact) mass is 146 g/mol. The minimum Gasteiger partial charge on any atom is -0.0990 e. The zero-order valence-electron chi connectivity index (χ0n) is 7.27. The van der Waals surface area contributed by atoms with Gasteiger partial charge in [0.25, 0.3) is 0 Å². The molecule has 0 heterocycles.